The van der Waals surface area contributed by atoms with Crippen LogP contribution in [0.4, 0.5) is 0 Å². The van der Waals surface area contributed by atoms with Crippen molar-refractivity contribution in [3.8, 4) is 0 Å². The first kappa shape index (κ1) is 17.4. The number of ketones is 1. The number of allylic oxidation sites excluding steroid dienone is 1. The van der Waals surface area contributed by atoms with Crippen LogP contribution < -0.4 is 0 Å². The summed E-state index contributed by atoms with van der Waals surface area (Å²) in [6.07, 6.45) is 9.34. The molecule has 144 valence electrons. The Labute approximate surface area is 156 Å². The highest BCUT2D eigenvalue weighted by atomic mass is 16.7. The van der Waals surface area contributed by atoms with E-state index in [0.717, 1.165) is 44.9 Å². The van der Waals surface area contributed by atoms with Crippen LogP contribution >= 0.6 is 0 Å². The predicted molar refractivity (Wildman–Crippen MR) is 97.3 cm³/mol. The van der Waals surface area contributed by atoms with Crippen molar-refractivity contribution in [2.24, 2.45) is 34.5 Å². The Bertz CT molecular complexity index is 649. The van der Waals surface area contributed by atoms with Gasteiger partial charge in [0.2, 0.25) is 0 Å². The van der Waals surface area contributed by atoms with Crippen LogP contribution in [0.5, 0.6) is 0 Å². The fourth-order valence-corrected chi connectivity index (χ4v) is 7.57. The van der Waals surface area contributed by atoms with Crippen molar-refractivity contribution in [3.05, 3.63) is 11.6 Å². The number of aliphatic hydroxyl groups excluding tert-OH is 1. The lowest BCUT2D eigenvalue weighted by Crippen LogP contribution is -2.56. The van der Waals surface area contributed by atoms with E-state index >= 15 is 0 Å². The zero-order chi connectivity index (χ0) is 18.2. The van der Waals surface area contributed by atoms with Crippen LogP contribution in [0, 0.1) is 34.5 Å². The molecule has 26 heavy (non-hydrogen) atoms. The molecule has 4 fully saturated rings. The van der Waals surface area contributed by atoms with Gasteiger partial charge >= 0.3 is 0 Å². The van der Waals surface area contributed by atoms with Crippen LogP contribution in [0.15, 0.2) is 11.6 Å². The van der Waals surface area contributed by atoms with Crippen LogP contribution in [-0.2, 0) is 14.3 Å². The van der Waals surface area contributed by atoms with E-state index in [9.17, 15) is 9.90 Å². The summed E-state index contributed by atoms with van der Waals surface area (Å²) >= 11 is 0. The summed E-state index contributed by atoms with van der Waals surface area (Å²) in [5.74, 6) is 1.74. The fraction of sp³-hybridized carbons (Fsp3) is 0.864. The molecule has 6 atom stereocenters. The molecule has 0 aromatic heterocycles. The molecular formula is C22H32O4. The van der Waals surface area contributed by atoms with E-state index in [2.05, 4.69) is 19.9 Å². The molecule has 0 bridgehead atoms. The SMILES string of the molecule is C[C@]12CC(CO)C3(CC1=CC[C@@H]1[C@@H]2CC[C@]2(C)C(=O)CC[C@@H]12)OCCO3. The Morgan fingerprint density at radius 1 is 1.15 bits per heavy atom. The van der Waals surface area contributed by atoms with E-state index in [1.807, 2.05) is 0 Å². The Balaban J connectivity index is 1.50. The molecule has 5 rings (SSSR count). The molecule has 4 nitrogen and oxygen atoms in total. The van der Waals surface area contributed by atoms with Crippen molar-refractivity contribution < 1.29 is 19.4 Å². The van der Waals surface area contributed by atoms with Gasteiger partial charge in [-0.1, -0.05) is 25.5 Å². The van der Waals surface area contributed by atoms with Gasteiger partial charge in [0.15, 0.2) is 5.79 Å². The van der Waals surface area contributed by atoms with Crippen molar-refractivity contribution in [1.82, 2.24) is 0 Å². The van der Waals surface area contributed by atoms with Gasteiger partial charge in [-0.3, -0.25) is 4.79 Å². The number of hydrogen-bond donors (Lipinski definition) is 1. The van der Waals surface area contributed by atoms with Gasteiger partial charge in [0.1, 0.15) is 5.78 Å². The van der Waals surface area contributed by atoms with Gasteiger partial charge in [0.25, 0.3) is 0 Å². The number of rotatable bonds is 1. The summed E-state index contributed by atoms with van der Waals surface area (Å²) in [7, 11) is 0. The molecule has 0 amide bonds. The number of carbonyl (C=O) groups excluding carboxylic acids is 1. The first-order valence-corrected chi connectivity index (χ1v) is 10.5. The highest BCUT2D eigenvalue weighted by Crippen LogP contribution is 2.65. The second kappa shape index (κ2) is 5.65. The van der Waals surface area contributed by atoms with E-state index < -0.39 is 5.79 Å². The first-order chi connectivity index (χ1) is 12.4. The maximum atomic E-state index is 12.6. The van der Waals surface area contributed by atoms with Crippen molar-refractivity contribution in [2.75, 3.05) is 19.8 Å². The molecule has 0 aromatic carbocycles. The summed E-state index contributed by atoms with van der Waals surface area (Å²) in [6, 6.07) is 0. The highest BCUT2D eigenvalue weighted by Gasteiger charge is 2.62. The standard InChI is InChI=1S/C22H32O4/c1-20-8-7-18-16(17(20)5-6-19(20)24)4-3-14-12-22(25-9-10-26-22)15(13-23)11-21(14,18)2/h3,15-18,23H,4-13H2,1-2H3/t15?,16-,17-,18-,20-,21-/m0/s1. The molecule has 1 saturated heterocycles. The minimum Gasteiger partial charge on any atom is -0.396 e. The summed E-state index contributed by atoms with van der Waals surface area (Å²) in [5, 5.41) is 10.1. The average molecular weight is 360 g/mol. The Hall–Kier alpha value is -0.710. The molecule has 4 aliphatic carbocycles. The highest BCUT2D eigenvalue weighted by molar-refractivity contribution is 5.87. The predicted octanol–water partition coefficient (Wildman–Crippen LogP) is 3.48. The number of hydrogen-bond acceptors (Lipinski definition) is 4. The third kappa shape index (κ3) is 2.10. The number of aliphatic hydroxyl groups is 1. The molecule has 1 heterocycles. The topological polar surface area (TPSA) is 55.8 Å². The van der Waals surface area contributed by atoms with Gasteiger partial charge in [-0.15, -0.1) is 0 Å². The van der Waals surface area contributed by atoms with Crippen LogP contribution in [0.3, 0.4) is 0 Å². The Kier molecular flexibility index (Phi) is 3.78. The maximum absolute atomic E-state index is 12.6. The van der Waals surface area contributed by atoms with Crippen LogP contribution in [0.1, 0.15) is 58.8 Å². The van der Waals surface area contributed by atoms with E-state index in [-0.39, 0.29) is 23.4 Å². The molecule has 1 unspecified atom stereocenters. The molecule has 1 N–H and O–H groups in total. The number of carbonyl (C=O) groups is 1. The molecule has 3 saturated carbocycles. The second-order valence-corrected chi connectivity index (χ2v) is 9.95. The second-order valence-electron chi connectivity index (χ2n) is 9.95. The van der Waals surface area contributed by atoms with Crippen LogP contribution in [0.2, 0.25) is 0 Å². The average Bonchev–Trinajstić information content (AvgIpc) is 3.21. The minimum atomic E-state index is -0.598. The molecule has 0 radical (unpaired) electrons. The van der Waals surface area contributed by atoms with Crippen LogP contribution in [-0.4, -0.2) is 36.5 Å². The van der Waals surface area contributed by atoms with E-state index in [4.69, 9.17) is 9.47 Å². The van der Waals surface area contributed by atoms with Gasteiger partial charge in [-0.25, -0.2) is 0 Å². The van der Waals surface area contributed by atoms with Crippen LogP contribution in [0.25, 0.3) is 0 Å². The zero-order valence-corrected chi connectivity index (χ0v) is 16.1. The third-order valence-corrected chi connectivity index (χ3v) is 9.06. The van der Waals surface area contributed by atoms with Crippen molar-refractivity contribution in [1.29, 1.82) is 0 Å². The lowest BCUT2D eigenvalue weighted by Gasteiger charge is -2.59. The minimum absolute atomic E-state index is 0.0458. The quantitative estimate of drug-likeness (QED) is 0.728. The third-order valence-electron chi connectivity index (χ3n) is 9.06. The number of fused-ring (bicyclic) bond motifs is 5. The van der Waals surface area contributed by atoms with E-state index in [1.165, 1.54) is 5.57 Å². The summed E-state index contributed by atoms with van der Waals surface area (Å²) in [6.45, 7) is 6.04. The Morgan fingerprint density at radius 3 is 2.62 bits per heavy atom. The fourth-order valence-electron chi connectivity index (χ4n) is 7.57. The van der Waals surface area contributed by atoms with Crippen molar-refractivity contribution in [3.63, 3.8) is 0 Å². The molecule has 0 aromatic rings. The number of Topliss-reactive ketones (excluding diaryl/α,β-unsaturated/α-hetero) is 1. The maximum Gasteiger partial charge on any atom is 0.177 e. The zero-order valence-electron chi connectivity index (χ0n) is 16.1. The Morgan fingerprint density at radius 2 is 1.88 bits per heavy atom. The summed E-state index contributed by atoms with van der Waals surface area (Å²) in [5.41, 5.74) is 1.52. The molecular weight excluding hydrogens is 328 g/mol. The smallest absolute Gasteiger partial charge is 0.177 e. The van der Waals surface area contributed by atoms with Gasteiger partial charge in [0.05, 0.1) is 19.8 Å². The van der Waals surface area contributed by atoms with Crippen molar-refractivity contribution >= 4 is 5.78 Å². The molecule has 1 spiro atoms. The summed E-state index contributed by atoms with van der Waals surface area (Å²) in [4.78, 5) is 12.6. The normalized spacial score (nSPS) is 49.5. The van der Waals surface area contributed by atoms with Gasteiger partial charge < -0.3 is 14.6 Å². The molecule has 4 heteroatoms. The largest absolute Gasteiger partial charge is 0.396 e. The number of ether oxygens (including phenoxy) is 2. The lowest BCUT2D eigenvalue weighted by atomic mass is 9.47. The molecule has 1 aliphatic heterocycles. The van der Waals surface area contributed by atoms with Crippen molar-refractivity contribution in [2.45, 2.75) is 64.6 Å². The lowest BCUT2D eigenvalue weighted by molar-refractivity contribution is -0.228. The summed E-state index contributed by atoms with van der Waals surface area (Å²) < 4.78 is 12.1. The first-order valence-electron chi connectivity index (χ1n) is 10.5. The van der Waals surface area contributed by atoms with Gasteiger partial charge in [0, 0.05) is 24.2 Å². The van der Waals surface area contributed by atoms with E-state index in [0.29, 0.717) is 36.8 Å². The van der Waals surface area contributed by atoms with E-state index in [1.54, 1.807) is 0 Å². The molecule has 5 aliphatic rings. The monoisotopic (exact) mass is 360 g/mol. The van der Waals surface area contributed by atoms with Gasteiger partial charge in [-0.2, -0.15) is 0 Å². The van der Waals surface area contributed by atoms with Gasteiger partial charge in [-0.05, 0) is 55.3 Å².